The Morgan fingerprint density at radius 2 is 2.19 bits per heavy atom. The third kappa shape index (κ3) is 2.86. The number of aliphatic imine (C=N–C) groups is 1. The smallest absolute Gasteiger partial charge is 0.253 e. The van der Waals surface area contributed by atoms with E-state index < -0.39 is 0 Å². The molecular weight excluding hydrogens is 264 g/mol. The van der Waals surface area contributed by atoms with Crippen LogP contribution in [0, 0.1) is 5.92 Å². The predicted octanol–water partition coefficient (Wildman–Crippen LogP) is 2.01. The molecule has 1 aliphatic heterocycles. The maximum Gasteiger partial charge on any atom is 0.253 e. The summed E-state index contributed by atoms with van der Waals surface area (Å²) in [7, 11) is 0. The summed E-state index contributed by atoms with van der Waals surface area (Å²) in [6, 6.07) is 9.35. The van der Waals surface area contributed by atoms with Crippen molar-refractivity contribution in [1.82, 2.24) is 15.6 Å². The zero-order valence-corrected chi connectivity index (χ0v) is 12.1. The Labute approximate surface area is 123 Å². The largest absolute Gasteiger partial charge is 0.340 e. The van der Waals surface area contributed by atoms with Crippen LogP contribution in [-0.2, 0) is 4.79 Å². The van der Waals surface area contributed by atoms with E-state index in [1.54, 1.807) is 6.20 Å². The minimum atomic E-state index is -0.388. The van der Waals surface area contributed by atoms with Crippen molar-refractivity contribution in [2.75, 3.05) is 6.54 Å². The number of benzene rings is 1. The summed E-state index contributed by atoms with van der Waals surface area (Å²) in [4.78, 5) is 20.8. The van der Waals surface area contributed by atoms with Crippen LogP contribution in [0.4, 0.5) is 0 Å². The molecule has 1 atom stereocenters. The summed E-state index contributed by atoms with van der Waals surface area (Å²) < 4.78 is 0. The Bertz CT molecular complexity index is 708. The first-order valence-electron chi connectivity index (χ1n) is 7.10. The third-order valence-corrected chi connectivity index (χ3v) is 3.36. The topological polar surface area (TPSA) is 66.4 Å². The minimum Gasteiger partial charge on any atom is -0.340 e. The van der Waals surface area contributed by atoms with E-state index in [2.05, 4.69) is 34.5 Å². The molecular formula is C16H18N4O. The van der Waals surface area contributed by atoms with Gasteiger partial charge in [-0.05, 0) is 29.7 Å². The van der Waals surface area contributed by atoms with Gasteiger partial charge in [0.05, 0.1) is 5.52 Å². The molecule has 2 heterocycles. The monoisotopic (exact) mass is 282 g/mol. The number of rotatable bonds is 3. The number of fused-ring (bicyclic) bond motifs is 1. The van der Waals surface area contributed by atoms with Gasteiger partial charge >= 0.3 is 0 Å². The quantitative estimate of drug-likeness (QED) is 0.905. The van der Waals surface area contributed by atoms with Crippen LogP contribution in [0.15, 0.2) is 41.5 Å². The van der Waals surface area contributed by atoms with Gasteiger partial charge in [0.2, 0.25) is 0 Å². The molecule has 0 saturated carbocycles. The molecule has 1 aromatic carbocycles. The van der Waals surface area contributed by atoms with Crippen LogP contribution in [-0.4, -0.2) is 23.4 Å². The van der Waals surface area contributed by atoms with E-state index in [1.807, 2.05) is 30.3 Å². The molecule has 2 aromatic rings. The van der Waals surface area contributed by atoms with E-state index in [0.29, 0.717) is 18.4 Å². The first-order valence-corrected chi connectivity index (χ1v) is 7.10. The molecule has 3 rings (SSSR count). The van der Waals surface area contributed by atoms with E-state index in [-0.39, 0.29) is 11.9 Å². The number of aromatic nitrogens is 1. The van der Waals surface area contributed by atoms with Crippen LogP contribution in [0.3, 0.4) is 0 Å². The van der Waals surface area contributed by atoms with Crippen LogP contribution in [0.1, 0.15) is 25.5 Å². The maximum atomic E-state index is 12.1. The van der Waals surface area contributed by atoms with Crippen molar-refractivity contribution in [3.8, 4) is 0 Å². The summed E-state index contributed by atoms with van der Waals surface area (Å²) in [5, 5.41) is 6.96. The average molecular weight is 282 g/mol. The number of guanidine groups is 1. The molecule has 0 bridgehead atoms. The highest BCUT2D eigenvalue weighted by Crippen LogP contribution is 2.21. The van der Waals surface area contributed by atoms with Gasteiger partial charge in [0.15, 0.2) is 5.96 Å². The molecule has 5 nitrogen and oxygen atoms in total. The average Bonchev–Trinajstić information content (AvgIpc) is 2.86. The van der Waals surface area contributed by atoms with Gasteiger partial charge in [-0.15, -0.1) is 0 Å². The molecule has 1 saturated heterocycles. The van der Waals surface area contributed by atoms with Gasteiger partial charge in [-0.2, -0.15) is 0 Å². The number of hydrogen-bond acceptors (Lipinski definition) is 3. The van der Waals surface area contributed by atoms with Gasteiger partial charge in [-0.3, -0.25) is 20.1 Å². The Morgan fingerprint density at radius 1 is 1.33 bits per heavy atom. The fourth-order valence-electron chi connectivity index (χ4n) is 2.29. The van der Waals surface area contributed by atoms with Crippen LogP contribution in [0.5, 0.6) is 0 Å². The van der Waals surface area contributed by atoms with E-state index in [1.165, 1.54) is 0 Å². The number of amides is 1. The second kappa shape index (κ2) is 5.52. The molecule has 0 radical (unpaired) electrons. The van der Waals surface area contributed by atoms with Crippen molar-refractivity contribution in [1.29, 1.82) is 0 Å². The van der Waals surface area contributed by atoms with E-state index in [4.69, 9.17) is 0 Å². The van der Waals surface area contributed by atoms with Crippen molar-refractivity contribution >= 4 is 22.8 Å². The standard InChI is InChI=1S/C16H18N4O/c1-10(2)9-18-16-19-14(15(21)20-16)12-5-6-13-11(8-12)4-3-7-17-13/h3-8,10,14H,9H2,1-2H3,(H2,18,19,20,21). The van der Waals surface area contributed by atoms with Crippen molar-refractivity contribution in [3.63, 3.8) is 0 Å². The minimum absolute atomic E-state index is 0.0688. The summed E-state index contributed by atoms with van der Waals surface area (Å²) >= 11 is 0. The second-order valence-electron chi connectivity index (χ2n) is 5.61. The molecule has 2 N–H and O–H groups in total. The number of carbonyl (C=O) groups is 1. The molecule has 1 fully saturated rings. The summed E-state index contributed by atoms with van der Waals surface area (Å²) in [5.74, 6) is 0.952. The fourth-order valence-corrected chi connectivity index (χ4v) is 2.29. The Hall–Kier alpha value is -2.43. The van der Waals surface area contributed by atoms with Crippen LogP contribution < -0.4 is 10.6 Å². The van der Waals surface area contributed by atoms with Gasteiger partial charge in [0.1, 0.15) is 6.04 Å². The SMILES string of the molecule is CC(C)CN=C1NC(=O)C(c2ccc3ncccc3c2)N1. The summed E-state index contributed by atoms with van der Waals surface area (Å²) in [6.45, 7) is 4.88. The number of nitrogens with one attached hydrogen (secondary N) is 2. The lowest BCUT2D eigenvalue weighted by Crippen LogP contribution is -2.26. The maximum absolute atomic E-state index is 12.1. The summed E-state index contributed by atoms with van der Waals surface area (Å²) in [6.07, 6.45) is 1.76. The lowest BCUT2D eigenvalue weighted by Gasteiger charge is -2.09. The van der Waals surface area contributed by atoms with Gasteiger partial charge in [-0.25, -0.2) is 0 Å². The molecule has 1 amide bonds. The highest BCUT2D eigenvalue weighted by atomic mass is 16.2. The molecule has 0 aliphatic carbocycles. The lowest BCUT2D eigenvalue weighted by molar-refractivity contribution is -0.120. The number of carbonyl (C=O) groups excluding carboxylic acids is 1. The van der Waals surface area contributed by atoms with Crippen molar-refractivity contribution in [3.05, 3.63) is 42.1 Å². The van der Waals surface area contributed by atoms with Gasteiger partial charge < -0.3 is 5.32 Å². The summed E-state index contributed by atoms with van der Waals surface area (Å²) in [5.41, 5.74) is 1.84. The Kier molecular flexibility index (Phi) is 3.56. The molecule has 1 aliphatic rings. The molecule has 21 heavy (non-hydrogen) atoms. The Balaban J connectivity index is 1.85. The van der Waals surface area contributed by atoms with Crippen molar-refractivity contribution in [2.45, 2.75) is 19.9 Å². The predicted molar refractivity (Wildman–Crippen MR) is 82.9 cm³/mol. The highest BCUT2D eigenvalue weighted by molar-refractivity contribution is 6.07. The zero-order valence-electron chi connectivity index (χ0n) is 12.1. The number of hydrogen-bond donors (Lipinski definition) is 2. The van der Waals surface area contributed by atoms with E-state index in [9.17, 15) is 4.79 Å². The molecule has 108 valence electrons. The van der Waals surface area contributed by atoms with Crippen LogP contribution in [0.25, 0.3) is 10.9 Å². The first-order chi connectivity index (χ1) is 10.1. The molecule has 1 unspecified atom stereocenters. The normalized spacial score (nSPS) is 20.0. The van der Waals surface area contributed by atoms with Crippen molar-refractivity contribution in [2.24, 2.45) is 10.9 Å². The van der Waals surface area contributed by atoms with Crippen LogP contribution >= 0.6 is 0 Å². The lowest BCUT2D eigenvalue weighted by atomic mass is 10.0. The number of nitrogens with zero attached hydrogens (tertiary/aromatic N) is 2. The third-order valence-electron chi connectivity index (χ3n) is 3.36. The van der Waals surface area contributed by atoms with Gasteiger partial charge in [-0.1, -0.05) is 26.0 Å². The first kappa shape index (κ1) is 13.5. The van der Waals surface area contributed by atoms with E-state index >= 15 is 0 Å². The molecule has 0 spiro atoms. The van der Waals surface area contributed by atoms with Gasteiger partial charge in [0, 0.05) is 18.1 Å². The highest BCUT2D eigenvalue weighted by Gasteiger charge is 2.29. The van der Waals surface area contributed by atoms with Crippen LogP contribution in [0.2, 0.25) is 0 Å². The van der Waals surface area contributed by atoms with E-state index in [0.717, 1.165) is 16.5 Å². The zero-order chi connectivity index (χ0) is 14.8. The van der Waals surface area contributed by atoms with Gasteiger partial charge in [0.25, 0.3) is 5.91 Å². The molecule has 5 heteroatoms. The second-order valence-corrected chi connectivity index (χ2v) is 5.61. The fraction of sp³-hybridized carbons (Fsp3) is 0.312. The molecule has 1 aromatic heterocycles. The van der Waals surface area contributed by atoms with Crippen molar-refractivity contribution < 1.29 is 4.79 Å². The number of pyridine rings is 1. The Morgan fingerprint density at radius 3 is 3.00 bits per heavy atom.